The van der Waals surface area contributed by atoms with Gasteiger partial charge >= 0.3 is 0 Å². The Morgan fingerprint density at radius 3 is 2.80 bits per heavy atom. The van der Waals surface area contributed by atoms with E-state index in [1.807, 2.05) is 12.1 Å². The molecule has 0 atom stereocenters. The zero-order chi connectivity index (χ0) is 14.8. The summed E-state index contributed by atoms with van der Waals surface area (Å²) in [5.41, 5.74) is 1.04. The maximum Gasteiger partial charge on any atom is 0.233 e. The fraction of sp³-hybridized carbons (Fsp3) is 0.500. The average Bonchev–Trinajstić information content (AvgIpc) is 2.41. The van der Waals surface area contributed by atoms with Gasteiger partial charge in [-0.25, -0.2) is 0 Å². The summed E-state index contributed by atoms with van der Waals surface area (Å²) in [7, 11) is 1.63. The van der Waals surface area contributed by atoms with E-state index < -0.39 is 0 Å². The van der Waals surface area contributed by atoms with Gasteiger partial charge < -0.3 is 15.4 Å². The molecular weight excluding hydrogens is 299 g/mol. The summed E-state index contributed by atoms with van der Waals surface area (Å²) < 4.78 is 4.87. The largest absolute Gasteiger partial charge is 0.383 e. The van der Waals surface area contributed by atoms with E-state index in [4.69, 9.17) is 27.9 Å². The van der Waals surface area contributed by atoms with Crippen LogP contribution in [-0.2, 0) is 16.0 Å². The van der Waals surface area contributed by atoms with E-state index in [9.17, 15) is 4.79 Å². The second-order valence-corrected chi connectivity index (χ2v) is 5.20. The summed E-state index contributed by atoms with van der Waals surface area (Å²) in [6.07, 6.45) is 1.65. The van der Waals surface area contributed by atoms with Gasteiger partial charge in [0.2, 0.25) is 5.91 Å². The van der Waals surface area contributed by atoms with Crippen molar-refractivity contribution in [2.75, 3.05) is 33.4 Å². The third-order valence-electron chi connectivity index (χ3n) is 2.73. The minimum Gasteiger partial charge on any atom is -0.383 e. The highest BCUT2D eigenvalue weighted by Gasteiger charge is 2.03. The molecule has 0 saturated carbocycles. The number of hydrogen-bond donors (Lipinski definition) is 2. The lowest BCUT2D eigenvalue weighted by molar-refractivity contribution is -0.120. The van der Waals surface area contributed by atoms with Gasteiger partial charge in [-0.05, 0) is 30.5 Å². The quantitative estimate of drug-likeness (QED) is 0.687. The predicted molar refractivity (Wildman–Crippen MR) is 82.5 cm³/mol. The van der Waals surface area contributed by atoms with Crippen LogP contribution in [-0.4, -0.2) is 39.3 Å². The summed E-state index contributed by atoms with van der Waals surface area (Å²) in [6, 6.07) is 5.47. The number of amides is 1. The Morgan fingerprint density at radius 1 is 1.30 bits per heavy atom. The van der Waals surface area contributed by atoms with Gasteiger partial charge in [-0.1, -0.05) is 29.3 Å². The summed E-state index contributed by atoms with van der Waals surface area (Å²) in [6.45, 7) is 2.21. The lowest BCUT2D eigenvalue weighted by Gasteiger charge is -2.07. The van der Waals surface area contributed by atoms with Crippen LogP contribution in [0, 0.1) is 0 Å². The maximum atomic E-state index is 11.5. The first-order valence-corrected chi connectivity index (χ1v) is 7.29. The molecule has 0 aliphatic rings. The highest BCUT2D eigenvalue weighted by atomic mass is 35.5. The number of carbonyl (C=O) groups is 1. The van der Waals surface area contributed by atoms with Crippen molar-refractivity contribution in [2.24, 2.45) is 0 Å². The monoisotopic (exact) mass is 318 g/mol. The molecule has 0 aromatic heterocycles. The van der Waals surface area contributed by atoms with E-state index in [0.717, 1.165) is 18.4 Å². The molecule has 112 valence electrons. The Kier molecular flexibility index (Phi) is 8.62. The number of hydrogen-bond acceptors (Lipinski definition) is 3. The topological polar surface area (TPSA) is 50.4 Å². The van der Waals surface area contributed by atoms with Crippen molar-refractivity contribution in [2.45, 2.75) is 12.8 Å². The van der Waals surface area contributed by atoms with Gasteiger partial charge in [-0.15, -0.1) is 0 Å². The molecule has 0 aliphatic carbocycles. The Bertz CT molecular complexity index is 428. The van der Waals surface area contributed by atoms with Gasteiger partial charge in [0.25, 0.3) is 0 Å². The third-order valence-corrected chi connectivity index (χ3v) is 3.32. The van der Waals surface area contributed by atoms with Gasteiger partial charge in [0.05, 0.1) is 13.2 Å². The molecule has 0 saturated heterocycles. The molecule has 0 aliphatic heterocycles. The van der Waals surface area contributed by atoms with Crippen molar-refractivity contribution < 1.29 is 9.53 Å². The van der Waals surface area contributed by atoms with Crippen molar-refractivity contribution in [3.8, 4) is 0 Å². The van der Waals surface area contributed by atoms with Gasteiger partial charge in [-0.3, -0.25) is 4.79 Å². The van der Waals surface area contributed by atoms with Gasteiger partial charge in [-0.2, -0.15) is 0 Å². The first-order valence-electron chi connectivity index (χ1n) is 6.53. The molecule has 1 amide bonds. The molecule has 1 aromatic carbocycles. The predicted octanol–water partition coefficient (Wildman–Crippen LogP) is 2.28. The van der Waals surface area contributed by atoms with Gasteiger partial charge in [0, 0.05) is 30.2 Å². The summed E-state index contributed by atoms with van der Waals surface area (Å²) in [5.74, 6) is -0.0108. The summed E-state index contributed by atoms with van der Waals surface area (Å²) in [5, 5.41) is 7.14. The Morgan fingerprint density at radius 2 is 2.10 bits per heavy atom. The first kappa shape index (κ1) is 17.2. The van der Waals surface area contributed by atoms with E-state index in [1.165, 1.54) is 0 Å². The van der Waals surface area contributed by atoms with Crippen molar-refractivity contribution in [1.82, 2.24) is 10.6 Å². The van der Waals surface area contributed by atoms with Crippen LogP contribution in [0.15, 0.2) is 18.2 Å². The Hall–Kier alpha value is -0.810. The minimum absolute atomic E-state index is 0.0108. The van der Waals surface area contributed by atoms with Crippen LogP contribution >= 0.6 is 23.2 Å². The number of aryl methyl sites for hydroxylation is 1. The molecule has 0 unspecified atom stereocenters. The second-order valence-electron chi connectivity index (χ2n) is 4.36. The molecule has 0 bridgehead atoms. The number of ether oxygens (including phenoxy) is 1. The molecule has 1 rings (SSSR count). The average molecular weight is 319 g/mol. The standard InChI is InChI=1S/C14H20Cl2N2O2/c1-20-8-7-17-10-14(19)18-6-2-3-11-4-5-12(15)9-13(11)16/h4-5,9,17H,2-3,6-8,10H2,1H3,(H,18,19). The van der Waals surface area contributed by atoms with Crippen LogP contribution in [0.5, 0.6) is 0 Å². The zero-order valence-electron chi connectivity index (χ0n) is 11.5. The van der Waals surface area contributed by atoms with Crippen LogP contribution in [0.1, 0.15) is 12.0 Å². The number of halogens is 2. The lowest BCUT2D eigenvalue weighted by Crippen LogP contribution is -2.35. The second kappa shape index (κ2) is 10.00. The third kappa shape index (κ3) is 7.10. The van der Waals surface area contributed by atoms with Crippen LogP contribution in [0.25, 0.3) is 0 Å². The lowest BCUT2D eigenvalue weighted by atomic mass is 10.1. The molecular formula is C14H20Cl2N2O2. The fourth-order valence-corrected chi connectivity index (χ4v) is 2.17. The number of nitrogens with one attached hydrogen (secondary N) is 2. The highest BCUT2D eigenvalue weighted by molar-refractivity contribution is 6.35. The van der Waals surface area contributed by atoms with Crippen LogP contribution in [0.4, 0.5) is 0 Å². The van der Waals surface area contributed by atoms with Crippen molar-refractivity contribution >= 4 is 29.1 Å². The van der Waals surface area contributed by atoms with Crippen LogP contribution < -0.4 is 10.6 Å². The normalized spacial score (nSPS) is 10.6. The van der Waals surface area contributed by atoms with E-state index in [2.05, 4.69) is 10.6 Å². The van der Waals surface area contributed by atoms with Crippen molar-refractivity contribution in [3.63, 3.8) is 0 Å². The highest BCUT2D eigenvalue weighted by Crippen LogP contribution is 2.21. The molecule has 0 heterocycles. The number of carbonyl (C=O) groups excluding carboxylic acids is 1. The first-order chi connectivity index (χ1) is 9.63. The molecule has 0 radical (unpaired) electrons. The Labute approximate surface area is 129 Å². The molecule has 4 nitrogen and oxygen atoms in total. The smallest absolute Gasteiger partial charge is 0.233 e. The summed E-state index contributed by atoms with van der Waals surface area (Å²) >= 11 is 11.9. The van der Waals surface area contributed by atoms with E-state index in [-0.39, 0.29) is 5.91 Å². The van der Waals surface area contributed by atoms with Gasteiger partial charge in [0.15, 0.2) is 0 Å². The Balaban J connectivity index is 2.13. The van der Waals surface area contributed by atoms with E-state index in [1.54, 1.807) is 13.2 Å². The molecule has 1 aromatic rings. The minimum atomic E-state index is -0.0108. The van der Waals surface area contributed by atoms with Crippen LogP contribution in [0.3, 0.4) is 0 Å². The molecule has 2 N–H and O–H groups in total. The maximum absolute atomic E-state index is 11.5. The number of benzene rings is 1. The molecule has 20 heavy (non-hydrogen) atoms. The van der Waals surface area contributed by atoms with Crippen molar-refractivity contribution in [1.29, 1.82) is 0 Å². The molecule has 0 fully saturated rings. The number of methoxy groups -OCH3 is 1. The summed E-state index contributed by atoms with van der Waals surface area (Å²) in [4.78, 5) is 11.5. The molecule has 0 spiro atoms. The van der Waals surface area contributed by atoms with Crippen molar-refractivity contribution in [3.05, 3.63) is 33.8 Å². The fourth-order valence-electron chi connectivity index (χ4n) is 1.67. The molecule has 6 heteroatoms. The SMILES string of the molecule is COCCNCC(=O)NCCCc1ccc(Cl)cc1Cl. The zero-order valence-corrected chi connectivity index (χ0v) is 13.1. The van der Waals surface area contributed by atoms with Gasteiger partial charge in [0.1, 0.15) is 0 Å². The van der Waals surface area contributed by atoms with E-state index in [0.29, 0.717) is 36.3 Å². The van der Waals surface area contributed by atoms with Crippen LogP contribution in [0.2, 0.25) is 10.0 Å². The van der Waals surface area contributed by atoms with E-state index >= 15 is 0 Å². The number of rotatable bonds is 9.